The average Bonchev–Trinajstić information content (AvgIpc) is 2.71. The van der Waals surface area contributed by atoms with Gasteiger partial charge >= 0.3 is 6.09 Å². The quantitative estimate of drug-likeness (QED) is 0.619. The van der Waals surface area contributed by atoms with Gasteiger partial charge in [-0.1, -0.05) is 19.1 Å². The van der Waals surface area contributed by atoms with Gasteiger partial charge in [0, 0.05) is 12.7 Å². The van der Waals surface area contributed by atoms with E-state index in [2.05, 4.69) is 16.4 Å². The fourth-order valence-corrected chi connectivity index (χ4v) is 3.58. The molecule has 148 valence electrons. The molecule has 8 nitrogen and oxygen atoms in total. The Kier molecular flexibility index (Phi) is 6.28. The van der Waals surface area contributed by atoms with Crippen LogP contribution in [0, 0.1) is 0 Å². The predicted octanol–water partition coefficient (Wildman–Crippen LogP) is 2.57. The Labute approximate surface area is 158 Å². The van der Waals surface area contributed by atoms with Crippen LogP contribution in [-0.2, 0) is 15.1 Å². The number of ether oxygens (including phenoxy) is 2. The Hall–Kier alpha value is -2.19. The second kappa shape index (κ2) is 8.67. The minimum absolute atomic E-state index is 0.0937. The van der Waals surface area contributed by atoms with E-state index in [-0.39, 0.29) is 18.1 Å². The highest BCUT2D eigenvalue weighted by Crippen LogP contribution is 2.36. The first kappa shape index (κ1) is 19.6. The molecule has 3 rings (SSSR count). The maximum Gasteiger partial charge on any atom is 0.435 e. The molecular formula is C19H28N4O4. The van der Waals surface area contributed by atoms with Crippen molar-refractivity contribution in [1.82, 2.24) is 15.0 Å². The Morgan fingerprint density at radius 2 is 2.37 bits per heavy atom. The van der Waals surface area contributed by atoms with Crippen LogP contribution in [0.25, 0.3) is 0 Å². The molecule has 0 spiro atoms. The molecule has 2 aliphatic rings. The molecule has 1 fully saturated rings. The van der Waals surface area contributed by atoms with E-state index in [0.29, 0.717) is 24.5 Å². The van der Waals surface area contributed by atoms with Gasteiger partial charge in [-0.3, -0.25) is 0 Å². The summed E-state index contributed by atoms with van der Waals surface area (Å²) in [4.78, 5) is 20.6. The van der Waals surface area contributed by atoms with E-state index in [0.717, 1.165) is 37.0 Å². The van der Waals surface area contributed by atoms with Gasteiger partial charge in [0.15, 0.2) is 11.3 Å². The maximum absolute atomic E-state index is 11.9. The molecule has 2 N–H and O–H groups in total. The molecule has 1 aromatic heterocycles. The van der Waals surface area contributed by atoms with Crippen molar-refractivity contribution < 1.29 is 19.5 Å². The zero-order chi connectivity index (χ0) is 19.3. The van der Waals surface area contributed by atoms with Crippen molar-refractivity contribution in [2.24, 2.45) is 4.99 Å². The zero-order valence-corrected chi connectivity index (χ0v) is 16.0. The lowest BCUT2D eigenvalue weighted by atomic mass is 9.90. The summed E-state index contributed by atoms with van der Waals surface area (Å²) in [5.41, 5.74) is 0.0906. The second-order valence-corrected chi connectivity index (χ2v) is 6.79. The third-order valence-corrected chi connectivity index (χ3v) is 5.06. The molecule has 8 heteroatoms. The molecular weight excluding hydrogens is 348 g/mol. The van der Waals surface area contributed by atoms with Crippen molar-refractivity contribution in [3.63, 3.8) is 0 Å². The van der Waals surface area contributed by atoms with E-state index >= 15 is 0 Å². The number of carbonyl (C=O) groups excluding carboxylic acids is 1. The van der Waals surface area contributed by atoms with Gasteiger partial charge < -0.3 is 20.0 Å². The van der Waals surface area contributed by atoms with Crippen LogP contribution >= 0.6 is 0 Å². The average molecular weight is 376 g/mol. The number of aromatic nitrogens is 2. The number of carbonyl (C=O) groups is 1. The Balaban J connectivity index is 2.14. The van der Waals surface area contributed by atoms with Crippen molar-refractivity contribution in [2.45, 2.75) is 57.6 Å². The Morgan fingerprint density at radius 1 is 1.52 bits per heavy atom. The molecule has 0 bridgehead atoms. The first-order valence-electron chi connectivity index (χ1n) is 9.69. The minimum Gasteiger partial charge on any atom is -0.448 e. The van der Waals surface area contributed by atoms with Crippen molar-refractivity contribution in [2.75, 3.05) is 19.8 Å². The standard InChI is InChI=1S/C19H28N4O4/c1-3-19(10-6-8-12-27-19)17-21-15(14-9-5-7-11-20-14)13-16(23(17)25)22-18(24)26-4-2/h5,9,13-14,20,25H,3-4,6-8,10-12H2,1-2H3. The summed E-state index contributed by atoms with van der Waals surface area (Å²) in [5.74, 6) is 0.381. The van der Waals surface area contributed by atoms with E-state index in [1.807, 2.05) is 13.0 Å². The van der Waals surface area contributed by atoms with Crippen molar-refractivity contribution in [3.8, 4) is 0 Å². The van der Waals surface area contributed by atoms with Crippen molar-refractivity contribution >= 4 is 6.09 Å². The monoisotopic (exact) mass is 376 g/mol. The van der Waals surface area contributed by atoms with Gasteiger partial charge in [-0.05, 0) is 45.6 Å². The maximum atomic E-state index is 11.9. The van der Waals surface area contributed by atoms with E-state index in [4.69, 9.17) is 14.5 Å². The summed E-state index contributed by atoms with van der Waals surface area (Å²) < 4.78 is 11.9. The molecule has 3 heterocycles. The van der Waals surface area contributed by atoms with E-state index in [1.54, 1.807) is 13.0 Å². The topological polar surface area (TPSA) is 98.0 Å². The Bertz CT molecular complexity index is 765. The number of hydrogen-bond donors (Lipinski definition) is 2. The van der Waals surface area contributed by atoms with Crippen LogP contribution in [0.5, 0.6) is 0 Å². The largest absolute Gasteiger partial charge is 0.448 e. The summed E-state index contributed by atoms with van der Waals surface area (Å²) in [7, 11) is 0. The van der Waals surface area contributed by atoms with Crippen LogP contribution < -0.4 is 10.8 Å². The molecule has 0 saturated carbocycles. The van der Waals surface area contributed by atoms with Gasteiger partial charge in [0.05, 0.1) is 18.3 Å². The molecule has 0 aromatic carbocycles. The molecule has 1 saturated heterocycles. The highest BCUT2D eigenvalue weighted by atomic mass is 16.5. The second-order valence-electron chi connectivity index (χ2n) is 6.79. The SMILES string of the molecule is CCOC(=O)N=c1cc(C2C=CCCN2)nc(C2(CC)CCCCO2)n1O. The summed E-state index contributed by atoms with van der Waals surface area (Å²) in [6.07, 6.45) is 7.74. The molecule has 27 heavy (non-hydrogen) atoms. The van der Waals surface area contributed by atoms with Gasteiger partial charge in [-0.2, -0.15) is 9.72 Å². The van der Waals surface area contributed by atoms with Crippen molar-refractivity contribution in [3.05, 3.63) is 35.2 Å². The number of rotatable bonds is 4. The first-order chi connectivity index (χ1) is 13.1. The fraction of sp³-hybridized carbons (Fsp3) is 0.632. The van der Waals surface area contributed by atoms with Gasteiger partial charge in [-0.15, -0.1) is 0 Å². The lowest BCUT2D eigenvalue weighted by Gasteiger charge is -2.36. The normalized spacial score (nSPS) is 26.1. The highest BCUT2D eigenvalue weighted by Gasteiger charge is 2.38. The summed E-state index contributed by atoms with van der Waals surface area (Å²) in [6, 6.07) is 1.51. The van der Waals surface area contributed by atoms with E-state index < -0.39 is 11.7 Å². The molecule has 2 aliphatic heterocycles. The zero-order valence-electron chi connectivity index (χ0n) is 16.0. The third-order valence-electron chi connectivity index (χ3n) is 5.06. The van der Waals surface area contributed by atoms with Crippen LogP contribution in [0.2, 0.25) is 0 Å². The van der Waals surface area contributed by atoms with Crippen LogP contribution in [0.3, 0.4) is 0 Å². The molecule has 1 amide bonds. The van der Waals surface area contributed by atoms with E-state index in [9.17, 15) is 10.0 Å². The number of nitrogens with one attached hydrogen (secondary N) is 1. The van der Waals surface area contributed by atoms with Gasteiger partial charge in [0.2, 0.25) is 0 Å². The van der Waals surface area contributed by atoms with Gasteiger partial charge in [-0.25, -0.2) is 9.78 Å². The van der Waals surface area contributed by atoms with Crippen molar-refractivity contribution in [1.29, 1.82) is 0 Å². The van der Waals surface area contributed by atoms with E-state index in [1.165, 1.54) is 0 Å². The predicted molar refractivity (Wildman–Crippen MR) is 98.3 cm³/mol. The highest BCUT2D eigenvalue weighted by molar-refractivity contribution is 5.68. The Morgan fingerprint density at radius 3 is 3.00 bits per heavy atom. The fourth-order valence-electron chi connectivity index (χ4n) is 3.58. The molecule has 0 radical (unpaired) electrons. The smallest absolute Gasteiger partial charge is 0.435 e. The molecule has 0 aliphatic carbocycles. The molecule has 1 aromatic rings. The van der Waals surface area contributed by atoms with Gasteiger partial charge in [0.25, 0.3) is 0 Å². The number of amides is 1. The first-order valence-corrected chi connectivity index (χ1v) is 9.69. The van der Waals surface area contributed by atoms with Crippen LogP contribution in [-0.4, -0.2) is 40.8 Å². The summed E-state index contributed by atoms with van der Waals surface area (Å²) >= 11 is 0. The van der Waals surface area contributed by atoms with Crippen LogP contribution in [0.4, 0.5) is 4.79 Å². The lowest BCUT2D eigenvalue weighted by Crippen LogP contribution is -2.41. The minimum atomic E-state index is -0.745. The number of nitrogens with zero attached hydrogens (tertiary/aromatic N) is 3. The lowest BCUT2D eigenvalue weighted by molar-refractivity contribution is -0.104. The number of hydrogen-bond acceptors (Lipinski definition) is 6. The van der Waals surface area contributed by atoms with Gasteiger partial charge in [0.1, 0.15) is 5.60 Å². The molecule has 2 atom stereocenters. The van der Waals surface area contributed by atoms with Crippen LogP contribution in [0.15, 0.2) is 23.2 Å². The molecule has 2 unspecified atom stereocenters. The summed E-state index contributed by atoms with van der Waals surface area (Å²) in [6.45, 7) is 5.40. The van der Waals surface area contributed by atoms with Crippen LogP contribution in [0.1, 0.15) is 63.5 Å². The summed E-state index contributed by atoms with van der Waals surface area (Å²) in [5, 5.41) is 14.2. The third kappa shape index (κ3) is 4.22.